The summed E-state index contributed by atoms with van der Waals surface area (Å²) in [7, 11) is -4.59. The molecule has 0 radical (unpaired) electrons. The average Bonchev–Trinajstić information content (AvgIpc) is 2.78. The maximum Gasteiger partial charge on any atom is 0.267 e. The third-order valence-corrected chi connectivity index (χ3v) is 12.0. The molecule has 0 atom stereocenters. The second kappa shape index (κ2) is 24.7. The number of phosphoric acid groups is 1. The molecule has 0 aromatic carbocycles. The Bertz CT molecular complexity index is 383. The van der Waals surface area contributed by atoms with Gasteiger partial charge in [-0.15, -0.1) is 0 Å². The van der Waals surface area contributed by atoms with Crippen molar-refractivity contribution in [3.05, 3.63) is 0 Å². The highest BCUT2D eigenvalue weighted by Crippen LogP contribution is 2.61. The molecule has 0 N–H and O–H groups in total. The monoisotopic (exact) mass is 496 g/mol. The smallest absolute Gasteiger partial charge is 0.267 e. The van der Waals surface area contributed by atoms with Gasteiger partial charge in [-0.2, -0.15) is 0 Å². The molecular weight excluding hydrogens is 438 g/mol. The molecule has 4 nitrogen and oxygen atoms in total. The van der Waals surface area contributed by atoms with E-state index in [-0.39, 0.29) is 13.2 Å². The number of rotatable bonds is 22. The van der Waals surface area contributed by atoms with E-state index in [1.165, 1.54) is 64.2 Å². The first-order chi connectivity index (χ1) is 15.4. The third kappa shape index (κ3) is 22.3. The van der Waals surface area contributed by atoms with Crippen LogP contribution in [0.25, 0.3) is 0 Å². The highest BCUT2D eigenvalue weighted by molar-refractivity contribution is 7.75. The summed E-state index contributed by atoms with van der Waals surface area (Å²) in [6.07, 6.45) is 24.3. The summed E-state index contributed by atoms with van der Waals surface area (Å²) in [6, 6.07) is 0. The van der Waals surface area contributed by atoms with Crippen molar-refractivity contribution in [3.8, 4) is 0 Å². The quantitative estimate of drug-likeness (QED) is 0.111. The number of hydrogen-bond acceptors (Lipinski definition) is 4. The lowest BCUT2D eigenvalue weighted by molar-refractivity contribution is -0.225. The van der Waals surface area contributed by atoms with Crippen LogP contribution >= 0.6 is 15.1 Å². The predicted molar refractivity (Wildman–Crippen MR) is 145 cm³/mol. The summed E-state index contributed by atoms with van der Waals surface area (Å²) in [4.78, 5) is 11.0. The maximum absolute atomic E-state index is 11.0. The van der Waals surface area contributed by atoms with Gasteiger partial charge in [0.2, 0.25) is 0 Å². The largest absolute Gasteiger partial charge is 0.756 e. The molecule has 0 amide bonds. The fourth-order valence-corrected chi connectivity index (χ4v) is 9.68. The van der Waals surface area contributed by atoms with Crippen LogP contribution in [0.2, 0.25) is 0 Å². The summed E-state index contributed by atoms with van der Waals surface area (Å²) in [6.45, 7) is 13.8. The lowest BCUT2D eigenvalue weighted by atomic mass is 10.2. The zero-order chi connectivity index (χ0) is 24.6. The van der Waals surface area contributed by atoms with E-state index in [1.807, 2.05) is 13.8 Å². The van der Waals surface area contributed by atoms with Crippen LogP contribution in [0.15, 0.2) is 0 Å². The number of phosphoric ester groups is 1. The normalized spacial score (nSPS) is 12.0. The minimum Gasteiger partial charge on any atom is -0.756 e. The van der Waals surface area contributed by atoms with Gasteiger partial charge in [0.25, 0.3) is 7.82 Å². The van der Waals surface area contributed by atoms with E-state index in [0.717, 1.165) is 25.7 Å². The third-order valence-electron chi connectivity index (χ3n) is 5.94. The topological polar surface area (TPSA) is 58.6 Å². The van der Waals surface area contributed by atoms with Crippen LogP contribution in [0, 0.1) is 0 Å². The molecule has 0 unspecified atom stereocenters. The van der Waals surface area contributed by atoms with Gasteiger partial charge in [-0.1, -0.05) is 86.5 Å². The van der Waals surface area contributed by atoms with Gasteiger partial charge in [0.15, 0.2) is 0 Å². The fraction of sp³-hybridized carbons (Fsp3) is 1.00. The van der Waals surface area contributed by atoms with Gasteiger partial charge in [0.1, 0.15) is 0 Å². The second-order valence-corrected chi connectivity index (χ2v) is 15.1. The van der Waals surface area contributed by atoms with Crippen LogP contribution in [0.4, 0.5) is 0 Å². The molecule has 0 aliphatic heterocycles. The molecule has 0 rings (SSSR count). The van der Waals surface area contributed by atoms with Crippen molar-refractivity contribution >= 4 is 15.1 Å². The Morgan fingerprint density at radius 2 is 0.875 bits per heavy atom. The van der Waals surface area contributed by atoms with Crippen LogP contribution in [0.5, 0.6) is 0 Å². The van der Waals surface area contributed by atoms with Gasteiger partial charge in [0, 0.05) is 7.26 Å². The second-order valence-electron chi connectivity index (χ2n) is 9.18. The summed E-state index contributed by atoms with van der Waals surface area (Å²) >= 11 is 0. The first-order valence-electron chi connectivity index (χ1n) is 13.8. The van der Waals surface area contributed by atoms with Gasteiger partial charge in [0.05, 0.1) is 37.9 Å². The molecule has 196 valence electrons. The summed E-state index contributed by atoms with van der Waals surface area (Å²) in [5.41, 5.74) is 0. The highest BCUT2D eigenvalue weighted by atomic mass is 31.2. The summed E-state index contributed by atoms with van der Waals surface area (Å²) < 4.78 is 20.2. The molecule has 0 bridgehead atoms. The van der Waals surface area contributed by atoms with E-state index in [1.54, 1.807) is 24.6 Å². The van der Waals surface area contributed by atoms with Crippen LogP contribution in [0.3, 0.4) is 0 Å². The Balaban J connectivity index is 0. The van der Waals surface area contributed by atoms with Crippen LogP contribution in [-0.2, 0) is 13.6 Å². The zero-order valence-corrected chi connectivity index (χ0v) is 24.5. The Labute approximate surface area is 203 Å². The van der Waals surface area contributed by atoms with Gasteiger partial charge < -0.3 is 13.9 Å². The van der Waals surface area contributed by atoms with Crippen molar-refractivity contribution in [1.82, 2.24) is 0 Å². The highest BCUT2D eigenvalue weighted by Gasteiger charge is 2.34. The number of unbranched alkanes of at least 4 members (excludes halogenated alkanes) is 8. The number of hydrogen-bond donors (Lipinski definition) is 0. The van der Waals surface area contributed by atoms with Gasteiger partial charge >= 0.3 is 0 Å². The fourth-order valence-electron chi connectivity index (χ4n) is 3.70. The van der Waals surface area contributed by atoms with E-state index in [9.17, 15) is 9.46 Å². The molecule has 0 spiro atoms. The first-order valence-corrected chi connectivity index (χ1v) is 17.8. The molecule has 0 aliphatic rings. The minimum atomic E-state index is -4.00. The molecule has 0 aromatic rings. The Morgan fingerprint density at radius 1 is 0.531 bits per heavy atom. The van der Waals surface area contributed by atoms with Crippen molar-refractivity contribution in [2.45, 2.75) is 131 Å². The van der Waals surface area contributed by atoms with Crippen LogP contribution in [0.1, 0.15) is 131 Å². The molecule has 0 aliphatic carbocycles. The average molecular weight is 497 g/mol. The van der Waals surface area contributed by atoms with Crippen molar-refractivity contribution in [2.24, 2.45) is 0 Å². The van der Waals surface area contributed by atoms with E-state index < -0.39 is 15.1 Å². The maximum atomic E-state index is 11.0. The Morgan fingerprint density at radius 3 is 1.22 bits per heavy atom. The van der Waals surface area contributed by atoms with Crippen molar-refractivity contribution in [3.63, 3.8) is 0 Å². The van der Waals surface area contributed by atoms with Crippen molar-refractivity contribution in [2.75, 3.05) is 37.9 Å². The molecule has 0 heterocycles. The van der Waals surface area contributed by atoms with Crippen molar-refractivity contribution < 1.29 is 18.5 Å². The van der Waals surface area contributed by atoms with E-state index in [0.29, 0.717) is 0 Å². The van der Waals surface area contributed by atoms with E-state index in [4.69, 9.17) is 0 Å². The molecular formula is C26H58O4P2. The predicted octanol–water partition coefficient (Wildman–Crippen LogP) is 9.07. The molecule has 0 saturated carbocycles. The first kappa shape index (κ1) is 34.7. The zero-order valence-electron chi connectivity index (χ0n) is 22.7. The lowest BCUT2D eigenvalue weighted by Gasteiger charge is -2.28. The summed E-state index contributed by atoms with van der Waals surface area (Å²) in [5, 5.41) is 0. The van der Waals surface area contributed by atoms with Gasteiger partial charge in [-0.05, 0) is 44.9 Å². The van der Waals surface area contributed by atoms with E-state index in [2.05, 4.69) is 36.7 Å². The van der Waals surface area contributed by atoms with Crippen LogP contribution in [-0.4, -0.2) is 37.9 Å². The van der Waals surface area contributed by atoms with E-state index >= 15 is 0 Å². The lowest BCUT2D eigenvalue weighted by Crippen LogP contribution is -2.12. The molecule has 0 fully saturated rings. The van der Waals surface area contributed by atoms with Crippen molar-refractivity contribution in [1.29, 1.82) is 0 Å². The molecule has 0 aromatic heterocycles. The van der Waals surface area contributed by atoms with Crippen LogP contribution < -0.4 is 4.89 Å². The van der Waals surface area contributed by atoms with Gasteiger partial charge in [-0.3, -0.25) is 4.57 Å². The summed E-state index contributed by atoms with van der Waals surface area (Å²) in [5.74, 6) is 0. The SMILES string of the molecule is CCCCCC[P+](CCCC)(CCCC)CCCC.CCCCOP(=O)([O-])OCCCC. The minimum absolute atomic E-state index is 0.226. The van der Waals surface area contributed by atoms with Gasteiger partial charge in [-0.25, -0.2) is 0 Å². The Hall–Kier alpha value is 0.540. The molecule has 6 heteroatoms. The Kier molecular flexibility index (Phi) is 26.7. The standard InChI is InChI=1S/C18H40P.C8H19O4P/c1-5-9-13-14-18-19(15-10-6-2,16-11-7-3)17-12-8-4;1-3-5-7-11-13(9,10)12-8-6-4-2/h5-18H2,1-4H3;3-8H2,1-2H3,(H,9,10)/q+1;/p-1. The molecule has 0 saturated heterocycles. The molecule has 32 heavy (non-hydrogen) atoms.